The van der Waals surface area contributed by atoms with Crippen molar-refractivity contribution in [2.24, 2.45) is 0 Å². The molecular formula is C19H16ClN3O3. The third-order valence-electron chi connectivity index (χ3n) is 5.03. The molecule has 26 heavy (non-hydrogen) atoms. The lowest BCUT2D eigenvalue weighted by atomic mass is 9.96. The summed E-state index contributed by atoms with van der Waals surface area (Å²) >= 11 is 6.15. The summed E-state index contributed by atoms with van der Waals surface area (Å²) in [5, 5.41) is 3.17. The largest absolute Gasteiger partial charge is 0.321 e. The van der Waals surface area contributed by atoms with E-state index in [2.05, 4.69) is 5.32 Å². The van der Waals surface area contributed by atoms with E-state index in [9.17, 15) is 14.4 Å². The maximum absolute atomic E-state index is 13.3. The highest BCUT2D eigenvalue weighted by molar-refractivity contribution is 6.34. The number of nitrogens with one attached hydrogen (secondary N) is 1. The lowest BCUT2D eigenvalue weighted by molar-refractivity contribution is -0.128. The van der Waals surface area contributed by atoms with E-state index in [0.29, 0.717) is 22.0 Å². The molecule has 0 bridgehead atoms. The second kappa shape index (κ2) is 5.85. The summed E-state index contributed by atoms with van der Waals surface area (Å²) in [6.45, 7) is 0. The predicted molar refractivity (Wildman–Crippen MR) is 98.1 cm³/mol. The van der Waals surface area contributed by atoms with Crippen LogP contribution in [0.3, 0.4) is 0 Å². The average Bonchev–Trinajstić information content (AvgIpc) is 3.00. The van der Waals surface area contributed by atoms with Crippen molar-refractivity contribution >= 4 is 40.7 Å². The zero-order chi connectivity index (χ0) is 18.5. The van der Waals surface area contributed by atoms with E-state index in [0.717, 1.165) is 0 Å². The summed E-state index contributed by atoms with van der Waals surface area (Å²) in [6, 6.07) is 13.7. The van der Waals surface area contributed by atoms with Crippen molar-refractivity contribution in [3.63, 3.8) is 0 Å². The van der Waals surface area contributed by atoms with Crippen LogP contribution in [0.1, 0.15) is 23.2 Å². The van der Waals surface area contributed by atoms with E-state index >= 15 is 0 Å². The summed E-state index contributed by atoms with van der Waals surface area (Å²) in [4.78, 5) is 41.6. The highest BCUT2D eigenvalue weighted by Crippen LogP contribution is 2.44. The summed E-state index contributed by atoms with van der Waals surface area (Å²) in [7, 11) is 1.55. The van der Waals surface area contributed by atoms with Crippen LogP contribution in [0.5, 0.6) is 0 Å². The maximum atomic E-state index is 13.3. The number of benzene rings is 2. The van der Waals surface area contributed by atoms with Gasteiger partial charge in [-0.2, -0.15) is 0 Å². The monoisotopic (exact) mass is 369 g/mol. The van der Waals surface area contributed by atoms with E-state index in [-0.39, 0.29) is 24.7 Å². The summed E-state index contributed by atoms with van der Waals surface area (Å²) in [5.41, 5.74) is -0.0896. The number of nitrogens with zero attached hydrogens (tertiary/aromatic N) is 2. The molecule has 1 N–H and O–H groups in total. The average molecular weight is 370 g/mol. The number of amides is 3. The van der Waals surface area contributed by atoms with Crippen LogP contribution in [0, 0.1) is 0 Å². The molecule has 0 saturated carbocycles. The van der Waals surface area contributed by atoms with Crippen LogP contribution < -0.4 is 10.2 Å². The van der Waals surface area contributed by atoms with E-state index in [1.807, 2.05) is 0 Å². The Bertz CT molecular complexity index is 945. The third kappa shape index (κ3) is 2.15. The lowest BCUT2D eigenvalue weighted by Gasteiger charge is -2.47. The Hall–Kier alpha value is -2.86. The van der Waals surface area contributed by atoms with Crippen molar-refractivity contribution < 1.29 is 14.4 Å². The molecule has 7 heteroatoms. The van der Waals surface area contributed by atoms with Gasteiger partial charge in [0.05, 0.1) is 22.0 Å². The molecule has 1 atom stereocenters. The molecule has 0 aromatic heterocycles. The molecule has 1 saturated heterocycles. The molecule has 0 aliphatic carbocycles. The molecule has 2 heterocycles. The van der Waals surface area contributed by atoms with Crippen molar-refractivity contribution in [3.05, 3.63) is 59.1 Å². The first-order chi connectivity index (χ1) is 12.5. The van der Waals surface area contributed by atoms with Gasteiger partial charge < -0.3 is 10.2 Å². The smallest absolute Gasteiger partial charge is 0.271 e. The molecule has 0 radical (unpaired) electrons. The summed E-state index contributed by atoms with van der Waals surface area (Å²) in [6.07, 6.45) is 0.403. The van der Waals surface area contributed by atoms with E-state index in [1.54, 1.807) is 55.6 Å². The van der Waals surface area contributed by atoms with Gasteiger partial charge in [-0.1, -0.05) is 35.9 Å². The van der Waals surface area contributed by atoms with Crippen molar-refractivity contribution in [2.45, 2.75) is 18.5 Å². The first kappa shape index (κ1) is 16.6. The van der Waals surface area contributed by atoms with Crippen molar-refractivity contribution in [2.75, 3.05) is 17.3 Å². The van der Waals surface area contributed by atoms with Crippen molar-refractivity contribution in [1.82, 2.24) is 4.90 Å². The molecule has 2 aliphatic heterocycles. The number of carbonyl (C=O) groups is 3. The van der Waals surface area contributed by atoms with Crippen LogP contribution in [0.25, 0.3) is 0 Å². The molecular weight excluding hydrogens is 354 g/mol. The van der Waals surface area contributed by atoms with Gasteiger partial charge in [0.15, 0.2) is 0 Å². The number of likely N-dealkylation sites (N-methyl/N-ethyl adjacent to an activating group) is 1. The normalized spacial score (nSPS) is 21.5. The molecule has 6 nitrogen and oxygen atoms in total. The van der Waals surface area contributed by atoms with E-state index in [1.165, 1.54) is 9.80 Å². The third-order valence-corrected chi connectivity index (χ3v) is 5.36. The highest BCUT2D eigenvalue weighted by Gasteiger charge is 2.59. The maximum Gasteiger partial charge on any atom is 0.271 e. The fourth-order valence-electron chi connectivity index (χ4n) is 3.71. The molecule has 132 valence electrons. The Morgan fingerprint density at radius 1 is 1.12 bits per heavy atom. The first-order valence-corrected chi connectivity index (χ1v) is 8.61. The van der Waals surface area contributed by atoms with Gasteiger partial charge in [-0.05, 0) is 24.3 Å². The van der Waals surface area contributed by atoms with Crippen LogP contribution in [0.15, 0.2) is 48.5 Å². The molecule has 2 aromatic rings. The van der Waals surface area contributed by atoms with Gasteiger partial charge in [0.2, 0.25) is 11.6 Å². The van der Waals surface area contributed by atoms with Crippen LogP contribution in [-0.2, 0) is 9.59 Å². The highest BCUT2D eigenvalue weighted by atomic mass is 35.5. The number of halogens is 1. The number of fused-ring (bicyclic) bond motifs is 3. The van der Waals surface area contributed by atoms with Crippen LogP contribution in [0.4, 0.5) is 11.4 Å². The quantitative estimate of drug-likeness (QED) is 0.884. The second-order valence-corrected chi connectivity index (χ2v) is 6.77. The Kier molecular flexibility index (Phi) is 3.73. The fraction of sp³-hybridized carbons (Fsp3) is 0.211. The van der Waals surface area contributed by atoms with Gasteiger partial charge in [-0.15, -0.1) is 0 Å². The molecule has 2 aliphatic rings. The Morgan fingerprint density at radius 2 is 1.81 bits per heavy atom. The lowest BCUT2D eigenvalue weighted by Crippen LogP contribution is -2.68. The Labute approximate surface area is 155 Å². The first-order valence-electron chi connectivity index (χ1n) is 8.23. The molecule has 0 spiro atoms. The Morgan fingerprint density at radius 3 is 2.58 bits per heavy atom. The zero-order valence-corrected chi connectivity index (χ0v) is 14.8. The number of hydrogen-bond acceptors (Lipinski definition) is 3. The minimum absolute atomic E-state index is 0.182. The number of para-hydroxylation sites is 2. The summed E-state index contributed by atoms with van der Waals surface area (Å²) in [5.74, 6) is -0.936. The van der Waals surface area contributed by atoms with E-state index in [4.69, 9.17) is 11.6 Å². The SMILES string of the molecule is CN1C(=O)c2ccccc2N2C(=O)CC[C@]12C(=O)Nc1ccccc1Cl. The van der Waals surface area contributed by atoms with Crippen molar-refractivity contribution in [3.8, 4) is 0 Å². The minimum atomic E-state index is -1.40. The molecule has 3 amide bonds. The minimum Gasteiger partial charge on any atom is -0.321 e. The summed E-state index contributed by atoms with van der Waals surface area (Å²) < 4.78 is 0. The van der Waals surface area contributed by atoms with Crippen molar-refractivity contribution in [1.29, 1.82) is 0 Å². The van der Waals surface area contributed by atoms with Gasteiger partial charge in [0.1, 0.15) is 0 Å². The topological polar surface area (TPSA) is 69.7 Å². The van der Waals surface area contributed by atoms with Gasteiger partial charge >= 0.3 is 0 Å². The number of carbonyl (C=O) groups excluding carboxylic acids is 3. The molecule has 2 aromatic carbocycles. The van der Waals surface area contributed by atoms with Gasteiger partial charge in [0.25, 0.3) is 11.8 Å². The Balaban J connectivity index is 1.83. The predicted octanol–water partition coefficient (Wildman–Crippen LogP) is 2.89. The van der Waals surface area contributed by atoms with Gasteiger partial charge in [0, 0.05) is 19.9 Å². The van der Waals surface area contributed by atoms with Crippen LogP contribution in [-0.4, -0.2) is 35.3 Å². The second-order valence-electron chi connectivity index (χ2n) is 6.36. The van der Waals surface area contributed by atoms with Gasteiger partial charge in [-0.25, -0.2) is 0 Å². The van der Waals surface area contributed by atoms with Crippen LogP contribution in [0.2, 0.25) is 5.02 Å². The fourth-order valence-corrected chi connectivity index (χ4v) is 3.90. The number of anilines is 2. The molecule has 0 unspecified atom stereocenters. The molecule has 1 fully saturated rings. The molecule has 4 rings (SSSR count). The van der Waals surface area contributed by atoms with Crippen LogP contribution >= 0.6 is 11.6 Å². The number of hydrogen-bond donors (Lipinski definition) is 1. The van der Waals surface area contributed by atoms with E-state index < -0.39 is 11.6 Å². The number of rotatable bonds is 2. The zero-order valence-electron chi connectivity index (χ0n) is 14.0. The van der Waals surface area contributed by atoms with Gasteiger partial charge in [-0.3, -0.25) is 19.3 Å². The standard InChI is InChI=1S/C19H16ClN3O3/c1-22-17(25)12-6-2-5-9-15(12)23-16(24)10-11-19(22,23)18(26)21-14-8-4-3-7-13(14)20/h2-9H,10-11H2,1H3,(H,21,26)/t19-/m0/s1.